The van der Waals surface area contributed by atoms with E-state index in [1.807, 2.05) is 17.9 Å². The summed E-state index contributed by atoms with van der Waals surface area (Å²) in [5.74, 6) is 0.157. The third-order valence-corrected chi connectivity index (χ3v) is 4.04. The molecule has 0 radical (unpaired) electrons. The van der Waals surface area contributed by atoms with Gasteiger partial charge in [-0.05, 0) is 70.2 Å². The zero-order valence-corrected chi connectivity index (χ0v) is 13.5. The van der Waals surface area contributed by atoms with Gasteiger partial charge in [-0.25, -0.2) is 0 Å². The number of benzene rings is 1. The fourth-order valence-corrected chi connectivity index (χ4v) is 2.78. The molecule has 1 aromatic rings. The van der Waals surface area contributed by atoms with Gasteiger partial charge in [-0.3, -0.25) is 4.79 Å². The topological polar surface area (TPSA) is 35.6 Å². The van der Waals surface area contributed by atoms with Gasteiger partial charge in [0.1, 0.15) is 0 Å². The van der Waals surface area contributed by atoms with E-state index in [0.717, 1.165) is 51.1 Å². The van der Waals surface area contributed by atoms with Crippen LogP contribution in [0.1, 0.15) is 34.8 Å². The number of amides is 1. The predicted molar refractivity (Wildman–Crippen MR) is 86.6 cm³/mol. The Morgan fingerprint density at radius 1 is 1.24 bits per heavy atom. The molecule has 1 aliphatic rings. The average Bonchev–Trinajstić information content (AvgIpc) is 2.50. The Labute approximate surface area is 128 Å². The lowest BCUT2D eigenvalue weighted by Gasteiger charge is -2.23. The van der Waals surface area contributed by atoms with Crippen molar-refractivity contribution in [3.63, 3.8) is 0 Å². The van der Waals surface area contributed by atoms with Gasteiger partial charge in [0.15, 0.2) is 0 Å². The minimum Gasteiger partial charge on any atom is -0.339 e. The van der Waals surface area contributed by atoms with Crippen LogP contribution in [0.25, 0.3) is 0 Å². The highest BCUT2D eigenvalue weighted by Crippen LogP contribution is 2.17. The Morgan fingerprint density at radius 3 is 2.76 bits per heavy atom. The molecule has 0 unspecified atom stereocenters. The number of carbonyl (C=O) groups excluding carboxylic acids is 1. The second kappa shape index (κ2) is 7.57. The van der Waals surface area contributed by atoms with Gasteiger partial charge in [0, 0.05) is 25.2 Å². The minimum absolute atomic E-state index is 0.157. The number of nitrogens with one attached hydrogen (secondary N) is 1. The smallest absolute Gasteiger partial charge is 0.253 e. The summed E-state index contributed by atoms with van der Waals surface area (Å²) in [4.78, 5) is 16.7. The van der Waals surface area contributed by atoms with Gasteiger partial charge in [-0.2, -0.15) is 0 Å². The molecule has 116 valence electrons. The predicted octanol–water partition coefficient (Wildman–Crippen LogP) is 1.75. The quantitative estimate of drug-likeness (QED) is 0.866. The molecule has 21 heavy (non-hydrogen) atoms. The Hall–Kier alpha value is -1.39. The summed E-state index contributed by atoms with van der Waals surface area (Å²) in [5, 5.41) is 3.37. The maximum atomic E-state index is 12.6. The third-order valence-electron chi connectivity index (χ3n) is 4.04. The van der Waals surface area contributed by atoms with Gasteiger partial charge in [0.2, 0.25) is 0 Å². The number of fused-ring (bicyclic) bond motifs is 1. The highest BCUT2D eigenvalue weighted by molar-refractivity contribution is 5.94. The van der Waals surface area contributed by atoms with E-state index in [4.69, 9.17) is 0 Å². The maximum Gasteiger partial charge on any atom is 0.253 e. The van der Waals surface area contributed by atoms with Gasteiger partial charge < -0.3 is 15.1 Å². The standard InChI is InChI=1S/C17H27N3O/c1-4-20(11-5-10-19(2)3)17(21)15-7-6-14-8-9-18-13-16(14)12-15/h6-7,12,18H,4-5,8-11,13H2,1-3H3. The molecule has 0 saturated carbocycles. The van der Waals surface area contributed by atoms with Crippen LogP contribution in [0.3, 0.4) is 0 Å². The Morgan fingerprint density at radius 2 is 2.05 bits per heavy atom. The van der Waals surface area contributed by atoms with Crippen molar-refractivity contribution < 1.29 is 4.79 Å². The number of nitrogens with zero attached hydrogens (tertiary/aromatic N) is 2. The molecule has 0 saturated heterocycles. The monoisotopic (exact) mass is 289 g/mol. The number of carbonyl (C=O) groups is 1. The summed E-state index contributed by atoms with van der Waals surface area (Å²) in [6.07, 6.45) is 2.07. The summed E-state index contributed by atoms with van der Waals surface area (Å²) in [6, 6.07) is 6.18. The highest BCUT2D eigenvalue weighted by Gasteiger charge is 2.16. The molecule has 1 aromatic carbocycles. The van der Waals surface area contributed by atoms with Gasteiger partial charge in [0.05, 0.1) is 0 Å². The molecule has 1 heterocycles. The Balaban J connectivity index is 2.03. The minimum atomic E-state index is 0.157. The molecule has 1 N–H and O–H groups in total. The molecule has 2 rings (SSSR count). The van der Waals surface area contributed by atoms with E-state index < -0.39 is 0 Å². The normalized spacial score (nSPS) is 14.1. The first-order chi connectivity index (χ1) is 10.1. The summed E-state index contributed by atoms with van der Waals surface area (Å²) >= 11 is 0. The third kappa shape index (κ3) is 4.29. The molecule has 0 aromatic heterocycles. The molecular formula is C17H27N3O. The second-order valence-corrected chi connectivity index (χ2v) is 5.95. The van der Waals surface area contributed by atoms with Crippen molar-refractivity contribution in [2.45, 2.75) is 26.3 Å². The fourth-order valence-electron chi connectivity index (χ4n) is 2.78. The van der Waals surface area contributed by atoms with Crippen LogP contribution in [-0.2, 0) is 13.0 Å². The molecule has 0 bridgehead atoms. The van der Waals surface area contributed by atoms with E-state index in [2.05, 4.69) is 36.4 Å². The van der Waals surface area contributed by atoms with Crippen molar-refractivity contribution in [3.8, 4) is 0 Å². The lowest BCUT2D eigenvalue weighted by molar-refractivity contribution is 0.0759. The van der Waals surface area contributed by atoms with Crippen molar-refractivity contribution in [2.75, 3.05) is 40.3 Å². The SMILES string of the molecule is CCN(CCCN(C)C)C(=O)c1ccc2c(c1)CNCC2. The maximum absolute atomic E-state index is 12.6. The molecule has 4 nitrogen and oxygen atoms in total. The lowest BCUT2D eigenvalue weighted by Crippen LogP contribution is -2.33. The van der Waals surface area contributed by atoms with Gasteiger partial charge in [-0.1, -0.05) is 6.07 Å². The van der Waals surface area contributed by atoms with E-state index in [0.29, 0.717) is 0 Å². The number of hydrogen-bond donors (Lipinski definition) is 1. The van der Waals surface area contributed by atoms with E-state index in [9.17, 15) is 4.79 Å². The van der Waals surface area contributed by atoms with Crippen molar-refractivity contribution in [1.29, 1.82) is 0 Å². The summed E-state index contributed by atoms with van der Waals surface area (Å²) in [5.41, 5.74) is 3.47. The first-order valence-electron chi connectivity index (χ1n) is 7.88. The zero-order valence-electron chi connectivity index (χ0n) is 13.5. The largest absolute Gasteiger partial charge is 0.339 e. The van der Waals surface area contributed by atoms with Crippen molar-refractivity contribution in [2.24, 2.45) is 0 Å². The van der Waals surface area contributed by atoms with E-state index in [-0.39, 0.29) is 5.91 Å². The van der Waals surface area contributed by atoms with Crippen LogP contribution in [0, 0.1) is 0 Å². The molecular weight excluding hydrogens is 262 g/mol. The fraction of sp³-hybridized carbons (Fsp3) is 0.588. The summed E-state index contributed by atoms with van der Waals surface area (Å²) in [7, 11) is 4.13. The van der Waals surface area contributed by atoms with E-state index >= 15 is 0 Å². The van der Waals surface area contributed by atoms with Crippen molar-refractivity contribution in [1.82, 2.24) is 15.1 Å². The van der Waals surface area contributed by atoms with Crippen LogP contribution in [0.2, 0.25) is 0 Å². The van der Waals surface area contributed by atoms with Crippen LogP contribution in [0.4, 0.5) is 0 Å². The van der Waals surface area contributed by atoms with Crippen LogP contribution in [0.15, 0.2) is 18.2 Å². The van der Waals surface area contributed by atoms with Gasteiger partial charge >= 0.3 is 0 Å². The van der Waals surface area contributed by atoms with Crippen LogP contribution in [0.5, 0.6) is 0 Å². The molecule has 0 spiro atoms. The zero-order chi connectivity index (χ0) is 15.2. The van der Waals surface area contributed by atoms with E-state index in [1.54, 1.807) is 0 Å². The number of hydrogen-bond acceptors (Lipinski definition) is 3. The summed E-state index contributed by atoms with van der Waals surface area (Å²) < 4.78 is 0. The first kappa shape index (κ1) is 16.0. The molecule has 0 atom stereocenters. The molecule has 0 fully saturated rings. The van der Waals surface area contributed by atoms with Crippen LogP contribution >= 0.6 is 0 Å². The van der Waals surface area contributed by atoms with Gasteiger partial charge in [-0.15, -0.1) is 0 Å². The first-order valence-corrected chi connectivity index (χ1v) is 7.88. The Kier molecular flexibility index (Phi) is 5.76. The Bertz CT molecular complexity index is 485. The summed E-state index contributed by atoms with van der Waals surface area (Å²) in [6.45, 7) is 6.56. The molecule has 1 aliphatic heterocycles. The van der Waals surface area contributed by atoms with Crippen LogP contribution < -0.4 is 5.32 Å². The van der Waals surface area contributed by atoms with Gasteiger partial charge in [0.25, 0.3) is 5.91 Å². The highest BCUT2D eigenvalue weighted by atomic mass is 16.2. The van der Waals surface area contributed by atoms with Crippen molar-refractivity contribution >= 4 is 5.91 Å². The van der Waals surface area contributed by atoms with Crippen LogP contribution in [-0.4, -0.2) is 56.0 Å². The van der Waals surface area contributed by atoms with Crippen molar-refractivity contribution in [3.05, 3.63) is 34.9 Å². The average molecular weight is 289 g/mol. The lowest BCUT2D eigenvalue weighted by atomic mass is 9.98. The molecule has 1 amide bonds. The van der Waals surface area contributed by atoms with E-state index in [1.165, 1.54) is 11.1 Å². The molecule has 4 heteroatoms. The molecule has 0 aliphatic carbocycles. The second-order valence-electron chi connectivity index (χ2n) is 5.95. The number of rotatable bonds is 6.